The molecule has 0 atom stereocenters. The molecule has 19 heavy (non-hydrogen) atoms. The average Bonchev–Trinajstić information content (AvgIpc) is 2.84. The van der Waals surface area contributed by atoms with E-state index in [1.807, 2.05) is 0 Å². The van der Waals surface area contributed by atoms with Crippen molar-refractivity contribution in [1.82, 2.24) is 10.6 Å². The van der Waals surface area contributed by atoms with Gasteiger partial charge in [-0.15, -0.1) is 0 Å². The van der Waals surface area contributed by atoms with Gasteiger partial charge in [-0.25, -0.2) is 0 Å². The zero-order chi connectivity index (χ0) is 13.7. The molecule has 1 spiro atoms. The van der Waals surface area contributed by atoms with Crippen LogP contribution in [-0.4, -0.2) is 44.0 Å². The lowest BCUT2D eigenvalue weighted by molar-refractivity contribution is -0.179. The van der Waals surface area contributed by atoms with E-state index in [0.29, 0.717) is 18.5 Å². The van der Waals surface area contributed by atoms with Crippen molar-refractivity contribution in [3.63, 3.8) is 0 Å². The number of hydrogen-bond donors (Lipinski definition) is 2. The molecule has 0 aromatic rings. The maximum atomic E-state index is 11.6. The van der Waals surface area contributed by atoms with Crippen LogP contribution in [0.15, 0.2) is 0 Å². The summed E-state index contributed by atoms with van der Waals surface area (Å²) in [7, 11) is 0. The Morgan fingerprint density at radius 3 is 2.47 bits per heavy atom. The number of carbonyl (C=O) groups excluding carboxylic acids is 1. The SMILES string of the molecule is CC(C)CNC(=O)CNC1CCC2(CC1)OCCO2. The van der Waals surface area contributed by atoms with Crippen LogP contribution in [0.2, 0.25) is 0 Å². The first-order valence-electron chi connectivity index (χ1n) is 7.38. The molecule has 0 unspecified atom stereocenters. The van der Waals surface area contributed by atoms with E-state index in [2.05, 4.69) is 24.5 Å². The van der Waals surface area contributed by atoms with Gasteiger partial charge in [-0.3, -0.25) is 4.79 Å². The topological polar surface area (TPSA) is 59.6 Å². The maximum absolute atomic E-state index is 11.6. The van der Waals surface area contributed by atoms with Gasteiger partial charge in [0.2, 0.25) is 5.91 Å². The number of rotatable bonds is 5. The van der Waals surface area contributed by atoms with Crippen LogP contribution in [0.1, 0.15) is 39.5 Å². The van der Waals surface area contributed by atoms with Gasteiger partial charge in [0.05, 0.1) is 19.8 Å². The van der Waals surface area contributed by atoms with Gasteiger partial charge in [-0.1, -0.05) is 13.8 Å². The Morgan fingerprint density at radius 1 is 1.26 bits per heavy atom. The largest absolute Gasteiger partial charge is 0.355 e. The lowest BCUT2D eigenvalue weighted by atomic mass is 9.90. The fourth-order valence-electron chi connectivity index (χ4n) is 2.66. The summed E-state index contributed by atoms with van der Waals surface area (Å²) >= 11 is 0. The second-order valence-corrected chi connectivity index (χ2v) is 5.96. The van der Waals surface area contributed by atoms with Crippen LogP contribution in [0, 0.1) is 5.92 Å². The Morgan fingerprint density at radius 2 is 1.89 bits per heavy atom. The molecule has 0 bridgehead atoms. The lowest BCUT2D eigenvalue weighted by Crippen LogP contribution is -2.45. The summed E-state index contributed by atoms with van der Waals surface area (Å²) < 4.78 is 11.4. The summed E-state index contributed by atoms with van der Waals surface area (Å²) in [4.78, 5) is 11.6. The van der Waals surface area contributed by atoms with Gasteiger partial charge in [0.1, 0.15) is 0 Å². The molecule has 5 nitrogen and oxygen atoms in total. The highest BCUT2D eigenvalue weighted by atomic mass is 16.7. The lowest BCUT2D eigenvalue weighted by Gasteiger charge is -2.35. The highest BCUT2D eigenvalue weighted by molar-refractivity contribution is 5.77. The van der Waals surface area contributed by atoms with Crippen LogP contribution in [0.3, 0.4) is 0 Å². The van der Waals surface area contributed by atoms with Crippen molar-refractivity contribution in [3.8, 4) is 0 Å². The van der Waals surface area contributed by atoms with Crippen LogP contribution in [-0.2, 0) is 14.3 Å². The molecular formula is C14H26N2O3. The second-order valence-electron chi connectivity index (χ2n) is 5.96. The van der Waals surface area contributed by atoms with Crippen molar-refractivity contribution in [2.75, 3.05) is 26.3 Å². The zero-order valence-electron chi connectivity index (χ0n) is 12.0. The highest BCUT2D eigenvalue weighted by Crippen LogP contribution is 2.35. The Kier molecular flexibility index (Phi) is 5.19. The molecular weight excluding hydrogens is 244 g/mol. The van der Waals surface area contributed by atoms with Gasteiger partial charge >= 0.3 is 0 Å². The molecule has 2 aliphatic rings. The Bertz CT molecular complexity index is 291. The van der Waals surface area contributed by atoms with Gasteiger partial charge in [-0.2, -0.15) is 0 Å². The highest BCUT2D eigenvalue weighted by Gasteiger charge is 2.40. The molecule has 0 radical (unpaired) electrons. The predicted octanol–water partition coefficient (Wildman–Crippen LogP) is 1.03. The first-order valence-corrected chi connectivity index (χ1v) is 7.38. The molecule has 110 valence electrons. The molecule has 2 rings (SSSR count). The normalized spacial score (nSPS) is 23.1. The summed E-state index contributed by atoms with van der Waals surface area (Å²) in [6.07, 6.45) is 3.88. The van der Waals surface area contributed by atoms with Crippen molar-refractivity contribution in [2.24, 2.45) is 5.92 Å². The first kappa shape index (κ1) is 14.8. The van der Waals surface area contributed by atoms with E-state index in [-0.39, 0.29) is 11.7 Å². The molecule has 5 heteroatoms. The average molecular weight is 270 g/mol. The number of hydrogen-bond acceptors (Lipinski definition) is 4. The Balaban J connectivity index is 1.61. The molecule has 0 aromatic carbocycles. The third-order valence-corrected chi connectivity index (χ3v) is 3.82. The zero-order valence-corrected chi connectivity index (χ0v) is 12.0. The van der Waals surface area contributed by atoms with Crippen molar-refractivity contribution in [3.05, 3.63) is 0 Å². The second kappa shape index (κ2) is 6.68. The number of carbonyl (C=O) groups is 1. The monoisotopic (exact) mass is 270 g/mol. The summed E-state index contributed by atoms with van der Waals surface area (Å²) in [6, 6.07) is 0.406. The van der Waals surface area contributed by atoms with E-state index < -0.39 is 0 Å². The molecule has 1 saturated carbocycles. The maximum Gasteiger partial charge on any atom is 0.233 e. The minimum atomic E-state index is -0.307. The van der Waals surface area contributed by atoms with Crippen LogP contribution in [0.25, 0.3) is 0 Å². The standard InChI is InChI=1S/C14H26N2O3/c1-11(2)9-16-13(17)10-15-12-3-5-14(6-4-12)18-7-8-19-14/h11-12,15H,3-10H2,1-2H3,(H,16,17). The van der Waals surface area contributed by atoms with Crippen molar-refractivity contribution in [2.45, 2.75) is 51.4 Å². The number of ether oxygens (including phenoxy) is 2. The minimum absolute atomic E-state index is 0.0855. The van der Waals surface area contributed by atoms with Gasteiger partial charge in [0.25, 0.3) is 0 Å². The molecule has 1 saturated heterocycles. The van der Waals surface area contributed by atoms with Gasteiger partial charge in [0, 0.05) is 25.4 Å². The Labute approximate surface area is 115 Å². The van der Waals surface area contributed by atoms with Crippen LogP contribution < -0.4 is 10.6 Å². The molecule has 0 aromatic heterocycles. The van der Waals surface area contributed by atoms with E-state index in [0.717, 1.165) is 45.4 Å². The third-order valence-electron chi connectivity index (χ3n) is 3.82. The van der Waals surface area contributed by atoms with Gasteiger partial charge < -0.3 is 20.1 Å². The Hall–Kier alpha value is -0.650. The summed E-state index contributed by atoms with van der Waals surface area (Å²) in [5.41, 5.74) is 0. The van der Waals surface area contributed by atoms with Crippen molar-refractivity contribution in [1.29, 1.82) is 0 Å². The predicted molar refractivity (Wildman–Crippen MR) is 72.7 cm³/mol. The summed E-state index contributed by atoms with van der Waals surface area (Å²) in [6.45, 7) is 6.78. The van der Waals surface area contributed by atoms with Gasteiger partial charge in [0.15, 0.2) is 5.79 Å². The molecule has 2 N–H and O–H groups in total. The first-order chi connectivity index (χ1) is 9.10. The van der Waals surface area contributed by atoms with Crippen molar-refractivity contribution < 1.29 is 14.3 Å². The minimum Gasteiger partial charge on any atom is -0.355 e. The smallest absolute Gasteiger partial charge is 0.233 e. The number of nitrogens with one attached hydrogen (secondary N) is 2. The molecule has 1 heterocycles. The summed E-state index contributed by atoms with van der Waals surface area (Å²) in [5.74, 6) is 0.274. The molecule has 1 aliphatic carbocycles. The van der Waals surface area contributed by atoms with Crippen LogP contribution in [0.5, 0.6) is 0 Å². The fourth-order valence-corrected chi connectivity index (χ4v) is 2.66. The van der Waals surface area contributed by atoms with E-state index in [1.54, 1.807) is 0 Å². The molecule has 2 fully saturated rings. The fraction of sp³-hybridized carbons (Fsp3) is 0.929. The molecule has 1 aliphatic heterocycles. The van der Waals surface area contributed by atoms with Crippen molar-refractivity contribution >= 4 is 5.91 Å². The molecule has 1 amide bonds. The van der Waals surface area contributed by atoms with Crippen LogP contribution >= 0.6 is 0 Å². The summed E-state index contributed by atoms with van der Waals surface area (Å²) in [5, 5.41) is 6.25. The van der Waals surface area contributed by atoms with Gasteiger partial charge in [-0.05, 0) is 18.8 Å². The van der Waals surface area contributed by atoms with Crippen LogP contribution in [0.4, 0.5) is 0 Å². The quantitative estimate of drug-likeness (QED) is 0.783. The van der Waals surface area contributed by atoms with E-state index in [9.17, 15) is 4.79 Å². The van der Waals surface area contributed by atoms with E-state index in [1.165, 1.54) is 0 Å². The van der Waals surface area contributed by atoms with E-state index >= 15 is 0 Å². The third kappa shape index (κ3) is 4.44. The van der Waals surface area contributed by atoms with E-state index in [4.69, 9.17) is 9.47 Å². The number of amides is 1.